The highest BCUT2D eigenvalue weighted by Gasteiger charge is 2.29. The Balaban J connectivity index is 4.79. The molecule has 0 unspecified atom stereocenters. The molecule has 4 atom stereocenters. The van der Waals surface area contributed by atoms with Gasteiger partial charge in [-0.1, -0.05) is 34.1 Å². The van der Waals surface area contributed by atoms with E-state index in [2.05, 4.69) is 23.3 Å². The lowest BCUT2D eigenvalue weighted by Crippen LogP contribution is -2.56. The molecule has 0 aromatic carbocycles. The number of nitrogens with one attached hydrogen (secondary N) is 2. The molecular formula is C15H29N3O4S. The Kier molecular flexibility index (Phi) is 9.90. The van der Waals surface area contributed by atoms with Crippen LogP contribution in [0.5, 0.6) is 0 Å². The number of carboxylic acid groups (broad SMARTS) is 1. The molecule has 0 aliphatic carbocycles. The third-order valence-electron chi connectivity index (χ3n) is 3.65. The summed E-state index contributed by atoms with van der Waals surface area (Å²) in [6.07, 6.45) is 1.10. The molecule has 0 aliphatic rings. The quantitative estimate of drug-likeness (QED) is 0.366. The number of aliphatic carboxylic acids is 1. The minimum absolute atomic E-state index is 0.0544. The molecule has 134 valence electrons. The lowest BCUT2D eigenvalue weighted by Gasteiger charge is -2.24. The Bertz CT molecular complexity index is 418. The standard InChI is InChI=1S/C15H29N3O4S/c1-5-9(4)12(15(21)22)18-14(20)11(7-23)17-13(19)10(16)6-8(2)3/h8-12,23H,5-7,16H2,1-4H3,(H,17,19)(H,18,20)(H,21,22)/t9-,10-,11-,12-/m0/s1. The van der Waals surface area contributed by atoms with Gasteiger partial charge >= 0.3 is 5.97 Å². The fourth-order valence-corrected chi connectivity index (χ4v) is 2.28. The highest BCUT2D eigenvalue weighted by Crippen LogP contribution is 2.09. The SMILES string of the molecule is CC[C@H](C)[C@H](NC(=O)[C@H](CS)NC(=O)[C@@H](N)CC(C)C)C(=O)O. The average molecular weight is 347 g/mol. The van der Waals surface area contributed by atoms with Gasteiger partial charge < -0.3 is 21.5 Å². The lowest BCUT2D eigenvalue weighted by atomic mass is 9.99. The van der Waals surface area contributed by atoms with Crippen molar-refractivity contribution in [1.29, 1.82) is 0 Å². The average Bonchev–Trinajstić information content (AvgIpc) is 2.47. The second-order valence-corrected chi connectivity index (χ2v) is 6.55. The molecule has 23 heavy (non-hydrogen) atoms. The molecule has 0 fully saturated rings. The van der Waals surface area contributed by atoms with Gasteiger partial charge in [0, 0.05) is 5.75 Å². The number of rotatable bonds is 10. The molecule has 8 heteroatoms. The van der Waals surface area contributed by atoms with Crippen LogP contribution in [0.4, 0.5) is 0 Å². The van der Waals surface area contributed by atoms with Crippen molar-refractivity contribution >= 4 is 30.4 Å². The van der Waals surface area contributed by atoms with Crippen LogP contribution in [0.2, 0.25) is 0 Å². The van der Waals surface area contributed by atoms with Gasteiger partial charge in [-0.3, -0.25) is 9.59 Å². The van der Waals surface area contributed by atoms with E-state index in [1.165, 1.54) is 0 Å². The molecule has 2 amide bonds. The summed E-state index contributed by atoms with van der Waals surface area (Å²) in [5.41, 5.74) is 5.78. The number of thiol groups is 1. The van der Waals surface area contributed by atoms with Gasteiger partial charge in [0.15, 0.2) is 0 Å². The van der Waals surface area contributed by atoms with Crippen molar-refractivity contribution in [3.05, 3.63) is 0 Å². The topological polar surface area (TPSA) is 122 Å². The van der Waals surface area contributed by atoms with E-state index in [0.29, 0.717) is 12.8 Å². The molecule has 7 nitrogen and oxygen atoms in total. The maximum absolute atomic E-state index is 12.2. The summed E-state index contributed by atoms with van der Waals surface area (Å²) in [5, 5.41) is 14.2. The summed E-state index contributed by atoms with van der Waals surface area (Å²) < 4.78 is 0. The van der Waals surface area contributed by atoms with Gasteiger partial charge in [-0.2, -0.15) is 12.6 Å². The highest BCUT2D eigenvalue weighted by molar-refractivity contribution is 7.80. The van der Waals surface area contributed by atoms with E-state index in [4.69, 9.17) is 5.73 Å². The molecule has 0 spiro atoms. The van der Waals surface area contributed by atoms with E-state index in [0.717, 1.165) is 0 Å². The van der Waals surface area contributed by atoms with E-state index >= 15 is 0 Å². The molecule has 0 heterocycles. The predicted molar refractivity (Wildman–Crippen MR) is 92.2 cm³/mol. The monoisotopic (exact) mass is 347 g/mol. The Morgan fingerprint density at radius 1 is 1.13 bits per heavy atom. The molecule has 0 aromatic heterocycles. The zero-order chi connectivity index (χ0) is 18.2. The normalized spacial score (nSPS) is 16.3. The van der Waals surface area contributed by atoms with Crippen molar-refractivity contribution in [2.45, 2.75) is 58.7 Å². The summed E-state index contributed by atoms with van der Waals surface area (Å²) in [4.78, 5) is 35.5. The minimum atomic E-state index is -1.10. The number of amides is 2. The van der Waals surface area contributed by atoms with Crippen LogP contribution in [0.1, 0.15) is 40.5 Å². The van der Waals surface area contributed by atoms with Gasteiger partial charge in [0.2, 0.25) is 11.8 Å². The first-order valence-corrected chi connectivity index (χ1v) is 8.47. The van der Waals surface area contributed by atoms with Gasteiger partial charge in [-0.05, 0) is 18.3 Å². The number of carbonyl (C=O) groups is 3. The molecule has 0 aliphatic heterocycles. The zero-order valence-corrected chi connectivity index (χ0v) is 15.1. The van der Waals surface area contributed by atoms with Gasteiger partial charge in [0.05, 0.1) is 6.04 Å². The molecule has 0 saturated carbocycles. The van der Waals surface area contributed by atoms with Crippen LogP contribution in [-0.2, 0) is 14.4 Å². The van der Waals surface area contributed by atoms with Crippen LogP contribution < -0.4 is 16.4 Å². The molecule has 0 rings (SSSR count). The molecular weight excluding hydrogens is 318 g/mol. The molecule has 0 radical (unpaired) electrons. The van der Waals surface area contributed by atoms with Gasteiger partial charge in [-0.15, -0.1) is 0 Å². The van der Waals surface area contributed by atoms with Crippen LogP contribution in [0.15, 0.2) is 0 Å². The first-order valence-electron chi connectivity index (χ1n) is 7.83. The zero-order valence-electron chi connectivity index (χ0n) is 14.2. The fourth-order valence-electron chi connectivity index (χ4n) is 2.02. The van der Waals surface area contributed by atoms with Gasteiger partial charge in [0.1, 0.15) is 12.1 Å². The number of nitrogens with two attached hydrogens (primary N) is 1. The Hall–Kier alpha value is -1.28. The van der Waals surface area contributed by atoms with Crippen molar-refractivity contribution in [2.24, 2.45) is 17.6 Å². The van der Waals surface area contributed by atoms with Crippen molar-refractivity contribution in [3.8, 4) is 0 Å². The second-order valence-electron chi connectivity index (χ2n) is 6.19. The van der Waals surface area contributed by atoms with E-state index in [9.17, 15) is 19.5 Å². The first-order chi connectivity index (χ1) is 10.6. The van der Waals surface area contributed by atoms with Crippen molar-refractivity contribution in [3.63, 3.8) is 0 Å². The Morgan fingerprint density at radius 3 is 2.09 bits per heavy atom. The number of hydrogen-bond donors (Lipinski definition) is 5. The third-order valence-corrected chi connectivity index (χ3v) is 4.02. The van der Waals surface area contributed by atoms with E-state index in [-0.39, 0.29) is 17.6 Å². The number of hydrogen-bond acceptors (Lipinski definition) is 5. The van der Waals surface area contributed by atoms with Crippen molar-refractivity contribution in [2.75, 3.05) is 5.75 Å². The Labute approximate surface area is 143 Å². The van der Waals surface area contributed by atoms with E-state index < -0.39 is 35.9 Å². The van der Waals surface area contributed by atoms with E-state index in [1.807, 2.05) is 20.8 Å². The molecule has 0 aromatic rings. The van der Waals surface area contributed by atoms with Crippen LogP contribution >= 0.6 is 12.6 Å². The van der Waals surface area contributed by atoms with Crippen molar-refractivity contribution in [1.82, 2.24) is 10.6 Å². The maximum atomic E-state index is 12.2. The lowest BCUT2D eigenvalue weighted by molar-refractivity contribution is -0.143. The summed E-state index contributed by atoms with van der Waals surface area (Å²) in [5.74, 6) is -2.04. The summed E-state index contributed by atoms with van der Waals surface area (Å²) in [6, 6.07) is -2.64. The molecule has 0 bridgehead atoms. The second kappa shape index (κ2) is 10.5. The number of carboxylic acids is 1. The maximum Gasteiger partial charge on any atom is 0.326 e. The largest absolute Gasteiger partial charge is 0.480 e. The summed E-state index contributed by atoms with van der Waals surface area (Å²) in [6.45, 7) is 7.47. The van der Waals surface area contributed by atoms with Crippen LogP contribution in [0, 0.1) is 11.8 Å². The van der Waals surface area contributed by atoms with E-state index in [1.54, 1.807) is 6.92 Å². The molecule has 5 N–H and O–H groups in total. The predicted octanol–water partition coefficient (Wildman–Crippen LogP) is 0.390. The third kappa shape index (κ3) is 7.69. The van der Waals surface area contributed by atoms with Gasteiger partial charge in [0.25, 0.3) is 0 Å². The van der Waals surface area contributed by atoms with Crippen LogP contribution in [0.3, 0.4) is 0 Å². The fraction of sp³-hybridized carbons (Fsp3) is 0.800. The smallest absolute Gasteiger partial charge is 0.326 e. The Morgan fingerprint density at radius 2 is 1.70 bits per heavy atom. The molecule has 0 saturated heterocycles. The van der Waals surface area contributed by atoms with Crippen molar-refractivity contribution < 1.29 is 19.5 Å². The minimum Gasteiger partial charge on any atom is -0.480 e. The summed E-state index contributed by atoms with van der Waals surface area (Å²) in [7, 11) is 0. The number of carbonyl (C=O) groups excluding carboxylic acids is 2. The first kappa shape index (κ1) is 21.7. The van der Waals surface area contributed by atoms with Crippen LogP contribution in [0.25, 0.3) is 0 Å². The summed E-state index contributed by atoms with van der Waals surface area (Å²) >= 11 is 4.05. The van der Waals surface area contributed by atoms with Gasteiger partial charge in [-0.25, -0.2) is 4.79 Å². The van der Waals surface area contributed by atoms with Crippen LogP contribution in [-0.4, -0.2) is 46.8 Å². The highest BCUT2D eigenvalue weighted by atomic mass is 32.1.